The number of hydrogen-bond acceptors (Lipinski definition) is 2. The normalized spacial score (nSPS) is 23.4. The van der Waals surface area contributed by atoms with E-state index in [0.717, 1.165) is 0 Å². The van der Waals surface area contributed by atoms with Crippen LogP contribution >= 0.6 is 11.3 Å². The van der Waals surface area contributed by atoms with Gasteiger partial charge in [-0.1, -0.05) is 88.7 Å². The minimum Gasteiger partial charge on any atom is -0.454 e. The SMILES string of the molecule is CCC[B-]1(CCC)N(C2CCCCC2)C(=NC2CCCCC2)Nc2sc3ccccc3[n+]21. The van der Waals surface area contributed by atoms with Crippen molar-refractivity contribution in [2.75, 3.05) is 5.32 Å². The molecule has 1 N–H and O–H groups in total. The topological polar surface area (TPSA) is 31.5 Å². The van der Waals surface area contributed by atoms with Crippen LogP contribution in [0.25, 0.3) is 10.2 Å². The molecule has 0 radical (unpaired) electrons. The van der Waals surface area contributed by atoms with Crippen LogP contribution in [0, 0.1) is 0 Å². The fourth-order valence-corrected chi connectivity index (χ4v) is 8.25. The van der Waals surface area contributed by atoms with Gasteiger partial charge in [0, 0.05) is 0 Å². The molecule has 2 heterocycles. The third-order valence-corrected chi connectivity index (χ3v) is 9.42. The molecule has 0 unspecified atom stereocenters. The first-order valence-corrected chi connectivity index (χ1v) is 14.3. The average Bonchev–Trinajstić information content (AvgIpc) is 3.20. The average molecular weight is 453 g/mol. The van der Waals surface area contributed by atoms with Crippen LogP contribution in [-0.2, 0) is 0 Å². The van der Waals surface area contributed by atoms with E-state index in [-0.39, 0.29) is 0 Å². The molecule has 3 aliphatic rings. The van der Waals surface area contributed by atoms with Crippen molar-refractivity contribution in [3.63, 3.8) is 0 Å². The molecule has 2 aliphatic carbocycles. The van der Waals surface area contributed by atoms with E-state index in [1.165, 1.54) is 111 Å². The molecule has 1 aliphatic heterocycles. The highest BCUT2D eigenvalue weighted by Gasteiger charge is 2.49. The van der Waals surface area contributed by atoms with Crippen LogP contribution in [0.4, 0.5) is 5.13 Å². The summed E-state index contributed by atoms with van der Waals surface area (Å²) in [5.41, 5.74) is 1.42. The highest BCUT2D eigenvalue weighted by molar-refractivity contribution is 7.22. The van der Waals surface area contributed by atoms with Gasteiger partial charge in [0.25, 0.3) is 17.5 Å². The molecule has 2 saturated carbocycles. The summed E-state index contributed by atoms with van der Waals surface area (Å²) in [5, 5.41) is 5.24. The molecule has 1 aromatic carbocycles. The third kappa shape index (κ3) is 3.97. The van der Waals surface area contributed by atoms with E-state index < -0.39 is 6.42 Å². The molecule has 6 heteroatoms. The lowest BCUT2D eigenvalue weighted by atomic mass is 9.37. The molecule has 174 valence electrons. The minimum absolute atomic E-state index is 0.495. The summed E-state index contributed by atoms with van der Waals surface area (Å²) in [6.45, 7) is 4.76. The van der Waals surface area contributed by atoms with Crippen molar-refractivity contribution in [1.29, 1.82) is 0 Å². The second-order valence-corrected chi connectivity index (χ2v) is 11.6. The van der Waals surface area contributed by atoms with Crippen LogP contribution in [0.2, 0.25) is 12.6 Å². The Morgan fingerprint density at radius 3 is 2.31 bits per heavy atom. The number of hydrogen-bond donors (Lipinski definition) is 1. The molecule has 0 atom stereocenters. The van der Waals surface area contributed by atoms with E-state index in [1.807, 2.05) is 11.3 Å². The molecular formula is C26H41BN4S. The van der Waals surface area contributed by atoms with Gasteiger partial charge in [-0.2, -0.15) is 0 Å². The summed E-state index contributed by atoms with van der Waals surface area (Å²) in [5.74, 6) is 1.22. The number of fused-ring (bicyclic) bond motifs is 3. The summed E-state index contributed by atoms with van der Waals surface area (Å²) >= 11 is 1.93. The lowest BCUT2D eigenvalue weighted by Gasteiger charge is -2.55. The van der Waals surface area contributed by atoms with E-state index in [1.54, 1.807) is 0 Å². The number of para-hydroxylation sites is 1. The van der Waals surface area contributed by atoms with Crippen LogP contribution < -0.4 is 9.79 Å². The van der Waals surface area contributed by atoms with E-state index in [4.69, 9.17) is 4.99 Å². The predicted molar refractivity (Wildman–Crippen MR) is 140 cm³/mol. The zero-order chi connectivity index (χ0) is 22.0. The first-order valence-electron chi connectivity index (χ1n) is 13.5. The van der Waals surface area contributed by atoms with E-state index in [2.05, 4.69) is 52.7 Å². The standard InChI is InChI=1S/C26H41BN4S/c1-3-19-27(20-4-2)30(22-15-9-6-10-16-22)25(28-21-13-7-5-8-14-21)29-26-31(27)23-17-11-12-18-24(23)32-26/h11-12,17-18,21-22H,3-10,13-16,19-20H2,1-2H3,(H,28,29). The zero-order valence-electron chi connectivity index (χ0n) is 20.2. The second kappa shape index (κ2) is 9.74. The first-order chi connectivity index (χ1) is 15.8. The maximum Gasteiger partial charge on any atom is 0.296 e. The lowest BCUT2D eigenvalue weighted by molar-refractivity contribution is -0.508. The number of aliphatic imine (C=N–C) groups is 1. The fourth-order valence-electron chi connectivity index (χ4n) is 7.09. The van der Waals surface area contributed by atoms with Crippen LogP contribution in [0.3, 0.4) is 0 Å². The smallest absolute Gasteiger partial charge is 0.296 e. The van der Waals surface area contributed by atoms with E-state index in [0.29, 0.717) is 12.1 Å². The summed E-state index contributed by atoms with van der Waals surface area (Å²) in [4.78, 5) is 8.40. The van der Waals surface area contributed by atoms with Crippen LogP contribution in [0.15, 0.2) is 29.3 Å². The van der Waals surface area contributed by atoms with Gasteiger partial charge < -0.3 is 9.29 Å². The van der Waals surface area contributed by atoms with Gasteiger partial charge in [0.05, 0.1) is 16.3 Å². The van der Waals surface area contributed by atoms with Gasteiger partial charge >= 0.3 is 0 Å². The van der Waals surface area contributed by atoms with Gasteiger partial charge in [-0.15, -0.1) is 12.6 Å². The van der Waals surface area contributed by atoms with Gasteiger partial charge in [0.1, 0.15) is 0 Å². The van der Waals surface area contributed by atoms with Crippen LogP contribution in [0.5, 0.6) is 0 Å². The molecule has 32 heavy (non-hydrogen) atoms. The number of benzene rings is 1. The van der Waals surface area contributed by atoms with Gasteiger partial charge in [-0.05, 0) is 43.9 Å². The molecule has 2 aromatic rings. The fraction of sp³-hybridized carbons (Fsp3) is 0.692. The quantitative estimate of drug-likeness (QED) is 0.476. The van der Waals surface area contributed by atoms with Crippen molar-refractivity contribution < 1.29 is 4.48 Å². The van der Waals surface area contributed by atoms with E-state index >= 15 is 0 Å². The van der Waals surface area contributed by atoms with Crippen LogP contribution in [0.1, 0.15) is 90.9 Å². The predicted octanol–water partition coefficient (Wildman–Crippen LogP) is 7.05. The second-order valence-electron chi connectivity index (χ2n) is 10.5. The molecule has 0 amide bonds. The number of guanidine groups is 1. The Balaban J connectivity index is 1.70. The molecule has 5 rings (SSSR count). The molecule has 0 bridgehead atoms. The molecule has 1 aromatic heterocycles. The number of aromatic nitrogens is 1. The van der Waals surface area contributed by atoms with Crippen molar-refractivity contribution in [3.8, 4) is 0 Å². The maximum atomic E-state index is 5.52. The zero-order valence-corrected chi connectivity index (χ0v) is 21.0. The molecule has 0 spiro atoms. The van der Waals surface area contributed by atoms with Gasteiger partial charge in [0.2, 0.25) is 0 Å². The Bertz CT molecular complexity index is 936. The van der Waals surface area contributed by atoms with Gasteiger partial charge in [-0.25, -0.2) is 10.3 Å². The maximum absolute atomic E-state index is 5.52. The molecule has 0 saturated heterocycles. The highest BCUT2D eigenvalue weighted by Crippen LogP contribution is 2.38. The van der Waals surface area contributed by atoms with Crippen molar-refractivity contribution in [2.24, 2.45) is 4.99 Å². The highest BCUT2D eigenvalue weighted by atomic mass is 32.1. The van der Waals surface area contributed by atoms with Crippen molar-refractivity contribution in [1.82, 2.24) is 4.81 Å². The summed E-state index contributed by atoms with van der Waals surface area (Å²) in [7, 11) is 0. The molecule has 4 nitrogen and oxygen atoms in total. The summed E-state index contributed by atoms with van der Waals surface area (Å²) < 4.78 is 4.15. The Hall–Kier alpha value is -1.56. The van der Waals surface area contributed by atoms with Crippen molar-refractivity contribution in [3.05, 3.63) is 24.3 Å². The Labute approximate surface area is 198 Å². The third-order valence-electron chi connectivity index (χ3n) is 8.36. The number of anilines is 1. The van der Waals surface area contributed by atoms with Gasteiger partial charge in [-0.3, -0.25) is 0 Å². The largest absolute Gasteiger partial charge is 0.454 e. The van der Waals surface area contributed by atoms with Gasteiger partial charge in [0.15, 0.2) is 0 Å². The Kier molecular flexibility index (Phi) is 6.78. The Morgan fingerprint density at radius 1 is 0.969 bits per heavy atom. The number of nitrogens with zero attached hydrogens (tertiary/aromatic N) is 3. The number of nitrogens with one attached hydrogen (secondary N) is 1. The molecule has 2 fully saturated rings. The van der Waals surface area contributed by atoms with Crippen LogP contribution in [-0.4, -0.2) is 29.3 Å². The number of thiazole rings is 1. The first kappa shape index (κ1) is 22.2. The number of rotatable bonds is 6. The lowest BCUT2D eigenvalue weighted by Crippen LogP contribution is -2.80. The van der Waals surface area contributed by atoms with E-state index in [9.17, 15) is 0 Å². The molecular weight excluding hydrogens is 411 g/mol. The monoisotopic (exact) mass is 452 g/mol. The minimum atomic E-state index is -0.914. The van der Waals surface area contributed by atoms with Crippen molar-refractivity contribution >= 4 is 39.1 Å². The van der Waals surface area contributed by atoms with Crippen molar-refractivity contribution in [2.45, 2.75) is 116 Å². The Morgan fingerprint density at radius 2 is 1.62 bits per heavy atom. The summed E-state index contributed by atoms with van der Waals surface area (Å²) in [6, 6.07) is 10.2. The summed E-state index contributed by atoms with van der Waals surface area (Å²) in [6.07, 6.45) is 17.4.